The van der Waals surface area contributed by atoms with E-state index >= 15 is 0 Å². The predicted octanol–water partition coefficient (Wildman–Crippen LogP) is 1.87. The zero-order valence-electron chi connectivity index (χ0n) is 10.6. The van der Waals surface area contributed by atoms with E-state index in [1.165, 1.54) is 6.42 Å². The van der Waals surface area contributed by atoms with Crippen LogP contribution in [0.1, 0.15) is 52.4 Å². The Kier molecular flexibility index (Phi) is 4.78. The Morgan fingerprint density at radius 3 is 2.35 bits per heavy atom. The van der Waals surface area contributed by atoms with Crippen molar-refractivity contribution in [2.75, 3.05) is 0 Å². The van der Waals surface area contributed by atoms with E-state index < -0.39 is 11.5 Å². The van der Waals surface area contributed by atoms with Crippen molar-refractivity contribution in [1.29, 1.82) is 0 Å². The maximum atomic E-state index is 11.7. The van der Waals surface area contributed by atoms with Gasteiger partial charge in [0.05, 0.1) is 6.42 Å². The van der Waals surface area contributed by atoms with E-state index in [0.717, 1.165) is 25.7 Å². The van der Waals surface area contributed by atoms with Gasteiger partial charge in [-0.15, -0.1) is 0 Å². The largest absolute Gasteiger partial charge is 0.481 e. The molecule has 5 nitrogen and oxygen atoms in total. The fourth-order valence-electron chi connectivity index (χ4n) is 2.20. The molecule has 0 unspecified atom stereocenters. The summed E-state index contributed by atoms with van der Waals surface area (Å²) < 4.78 is 0. The minimum atomic E-state index is -0.909. The SMILES string of the molecule is CC(C)(CC(=O)O)NC(=O)NC1CCCCC1. The van der Waals surface area contributed by atoms with Crippen LogP contribution in [-0.4, -0.2) is 28.7 Å². The van der Waals surface area contributed by atoms with Gasteiger partial charge < -0.3 is 15.7 Å². The van der Waals surface area contributed by atoms with E-state index in [4.69, 9.17) is 5.11 Å². The Hall–Kier alpha value is -1.26. The smallest absolute Gasteiger partial charge is 0.315 e. The van der Waals surface area contributed by atoms with Crippen molar-refractivity contribution < 1.29 is 14.7 Å². The van der Waals surface area contributed by atoms with Crippen molar-refractivity contribution in [1.82, 2.24) is 10.6 Å². The summed E-state index contributed by atoms with van der Waals surface area (Å²) in [5.74, 6) is -0.909. The summed E-state index contributed by atoms with van der Waals surface area (Å²) in [7, 11) is 0. The Labute approximate surface area is 102 Å². The average molecular weight is 242 g/mol. The van der Waals surface area contributed by atoms with Crippen LogP contribution in [0.5, 0.6) is 0 Å². The molecule has 1 saturated carbocycles. The van der Waals surface area contributed by atoms with E-state index in [1.807, 2.05) is 0 Å². The first-order chi connectivity index (χ1) is 7.89. The number of carboxylic acids is 1. The van der Waals surface area contributed by atoms with Gasteiger partial charge in [-0.2, -0.15) is 0 Å². The van der Waals surface area contributed by atoms with Crippen LogP contribution < -0.4 is 10.6 Å². The molecule has 0 atom stereocenters. The third-order valence-electron chi connectivity index (χ3n) is 2.99. The number of aliphatic carboxylic acids is 1. The van der Waals surface area contributed by atoms with E-state index in [0.29, 0.717) is 0 Å². The van der Waals surface area contributed by atoms with Gasteiger partial charge in [-0.3, -0.25) is 4.79 Å². The molecular formula is C12H22N2O3. The van der Waals surface area contributed by atoms with Crippen LogP contribution in [0, 0.1) is 0 Å². The van der Waals surface area contributed by atoms with Crippen molar-refractivity contribution in [2.24, 2.45) is 0 Å². The Morgan fingerprint density at radius 1 is 1.24 bits per heavy atom. The minimum Gasteiger partial charge on any atom is -0.481 e. The molecule has 1 rings (SSSR count). The molecule has 0 aliphatic heterocycles. The van der Waals surface area contributed by atoms with Crippen LogP contribution in [0.2, 0.25) is 0 Å². The zero-order chi connectivity index (χ0) is 12.9. The number of urea groups is 1. The molecule has 0 radical (unpaired) electrons. The van der Waals surface area contributed by atoms with Gasteiger partial charge in [-0.05, 0) is 26.7 Å². The third kappa shape index (κ3) is 5.56. The van der Waals surface area contributed by atoms with Crippen LogP contribution in [0.25, 0.3) is 0 Å². The lowest BCUT2D eigenvalue weighted by atomic mass is 9.95. The van der Waals surface area contributed by atoms with Gasteiger partial charge in [0.2, 0.25) is 0 Å². The van der Waals surface area contributed by atoms with E-state index in [1.54, 1.807) is 13.8 Å². The fourth-order valence-corrected chi connectivity index (χ4v) is 2.20. The Bertz CT molecular complexity index is 283. The maximum Gasteiger partial charge on any atom is 0.315 e. The molecule has 0 spiro atoms. The first kappa shape index (κ1) is 13.8. The Balaban J connectivity index is 2.34. The Morgan fingerprint density at radius 2 is 1.82 bits per heavy atom. The average Bonchev–Trinajstić information content (AvgIpc) is 2.15. The van der Waals surface area contributed by atoms with Crippen molar-refractivity contribution >= 4 is 12.0 Å². The number of carboxylic acid groups (broad SMARTS) is 1. The zero-order valence-corrected chi connectivity index (χ0v) is 10.6. The molecule has 5 heteroatoms. The van der Waals surface area contributed by atoms with Gasteiger partial charge in [0.15, 0.2) is 0 Å². The van der Waals surface area contributed by atoms with E-state index in [-0.39, 0.29) is 18.5 Å². The molecule has 1 aliphatic carbocycles. The molecule has 1 fully saturated rings. The standard InChI is InChI=1S/C12H22N2O3/c1-12(2,8-10(15)16)14-11(17)13-9-6-4-3-5-7-9/h9H,3-8H2,1-2H3,(H,15,16)(H2,13,14,17). The molecule has 0 saturated heterocycles. The topological polar surface area (TPSA) is 78.4 Å². The lowest BCUT2D eigenvalue weighted by Gasteiger charge is -2.28. The monoisotopic (exact) mass is 242 g/mol. The van der Waals surface area contributed by atoms with E-state index in [2.05, 4.69) is 10.6 Å². The second kappa shape index (κ2) is 5.89. The summed E-state index contributed by atoms with van der Waals surface area (Å²) in [6, 6.07) is -0.0208. The summed E-state index contributed by atoms with van der Waals surface area (Å²) >= 11 is 0. The number of hydrogen-bond donors (Lipinski definition) is 3. The van der Waals surface area contributed by atoms with Gasteiger partial charge in [-0.25, -0.2) is 4.79 Å². The molecule has 0 heterocycles. The van der Waals surface area contributed by atoms with Gasteiger partial charge in [-0.1, -0.05) is 19.3 Å². The number of rotatable bonds is 4. The molecule has 0 aromatic heterocycles. The molecule has 0 aromatic carbocycles. The molecule has 0 bridgehead atoms. The number of carbonyl (C=O) groups excluding carboxylic acids is 1. The quantitative estimate of drug-likeness (QED) is 0.704. The van der Waals surface area contributed by atoms with Crippen molar-refractivity contribution in [3.63, 3.8) is 0 Å². The molecule has 1 aliphatic rings. The van der Waals surface area contributed by atoms with Crippen LogP contribution >= 0.6 is 0 Å². The van der Waals surface area contributed by atoms with Crippen LogP contribution in [0.3, 0.4) is 0 Å². The summed E-state index contributed by atoms with van der Waals surface area (Å²) in [6.07, 6.45) is 5.52. The number of amides is 2. The second-order valence-electron chi connectivity index (χ2n) is 5.39. The van der Waals surface area contributed by atoms with Crippen molar-refractivity contribution in [3.05, 3.63) is 0 Å². The lowest BCUT2D eigenvalue weighted by molar-refractivity contribution is -0.138. The van der Waals surface area contributed by atoms with Gasteiger partial charge in [0, 0.05) is 11.6 Å². The number of hydrogen-bond acceptors (Lipinski definition) is 2. The second-order valence-corrected chi connectivity index (χ2v) is 5.39. The third-order valence-corrected chi connectivity index (χ3v) is 2.99. The first-order valence-corrected chi connectivity index (χ1v) is 6.19. The van der Waals surface area contributed by atoms with Crippen LogP contribution in [0.4, 0.5) is 4.79 Å². The lowest BCUT2D eigenvalue weighted by Crippen LogP contribution is -2.52. The summed E-state index contributed by atoms with van der Waals surface area (Å²) in [6.45, 7) is 3.42. The van der Waals surface area contributed by atoms with Crippen molar-refractivity contribution in [3.8, 4) is 0 Å². The molecule has 98 valence electrons. The maximum absolute atomic E-state index is 11.7. The molecule has 17 heavy (non-hydrogen) atoms. The molecule has 0 aromatic rings. The summed E-state index contributed by atoms with van der Waals surface area (Å²) in [5.41, 5.74) is -0.718. The highest BCUT2D eigenvalue weighted by atomic mass is 16.4. The summed E-state index contributed by atoms with van der Waals surface area (Å²) in [4.78, 5) is 22.3. The fraction of sp³-hybridized carbons (Fsp3) is 0.833. The molecule has 3 N–H and O–H groups in total. The highest BCUT2D eigenvalue weighted by molar-refractivity contribution is 5.76. The van der Waals surface area contributed by atoms with Gasteiger partial charge in [0.25, 0.3) is 0 Å². The molecular weight excluding hydrogens is 220 g/mol. The van der Waals surface area contributed by atoms with Crippen LogP contribution in [0.15, 0.2) is 0 Å². The van der Waals surface area contributed by atoms with Crippen molar-refractivity contribution in [2.45, 2.75) is 64.0 Å². The summed E-state index contributed by atoms with van der Waals surface area (Å²) in [5, 5.41) is 14.3. The normalized spacial score (nSPS) is 17.5. The first-order valence-electron chi connectivity index (χ1n) is 6.19. The molecule has 2 amide bonds. The van der Waals surface area contributed by atoms with E-state index in [9.17, 15) is 9.59 Å². The highest BCUT2D eigenvalue weighted by Crippen LogP contribution is 2.17. The van der Waals surface area contributed by atoms with Crippen LogP contribution in [-0.2, 0) is 4.79 Å². The number of carbonyl (C=O) groups is 2. The predicted molar refractivity (Wildman–Crippen MR) is 64.9 cm³/mol. The van der Waals surface area contributed by atoms with Gasteiger partial charge in [0.1, 0.15) is 0 Å². The highest BCUT2D eigenvalue weighted by Gasteiger charge is 2.25. The minimum absolute atomic E-state index is 0.0783. The number of nitrogens with one attached hydrogen (secondary N) is 2. The van der Waals surface area contributed by atoms with Gasteiger partial charge >= 0.3 is 12.0 Å².